The fraction of sp³-hybridized carbons (Fsp3) is 0.364. The molecule has 1 amide bonds. The minimum Gasteiger partial charge on any atom is -0.353 e. The molecule has 1 aromatic carbocycles. The van der Waals surface area contributed by atoms with Gasteiger partial charge in [-0.05, 0) is 19.1 Å². The van der Waals surface area contributed by atoms with Crippen molar-refractivity contribution in [3.8, 4) is 0 Å². The number of amides is 1. The quantitative estimate of drug-likeness (QED) is 0.886. The van der Waals surface area contributed by atoms with Gasteiger partial charge in [-0.2, -0.15) is 4.31 Å². The van der Waals surface area contributed by atoms with E-state index in [-0.39, 0.29) is 18.1 Å². The van der Waals surface area contributed by atoms with Gasteiger partial charge in [-0.1, -0.05) is 17.7 Å². The summed E-state index contributed by atoms with van der Waals surface area (Å²) >= 11 is 5.59. The summed E-state index contributed by atoms with van der Waals surface area (Å²) in [6.45, 7) is 1.75. The first kappa shape index (κ1) is 14.2. The average molecular weight is 307 g/mol. The van der Waals surface area contributed by atoms with Crippen LogP contribution < -0.4 is 5.32 Å². The van der Waals surface area contributed by atoms with Crippen molar-refractivity contribution in [2.75, 3.05) is 13.1 Å². The number of carbonyl (C=O) groups excluding carboxylic acids is 1. The Morgan fingerprint density at radius 2 is 2.16 bits per heavy atom. The van der Waals surface area contributed by atoms with Crippen molar-refractivity contribution in [1.29, 1.82) is 0 Å². The zero-order valence-corrected chi connectivity index (χ0v) is 11.6. The van der Waals surface area contributed by atoms with Gasteiger partial charge in [-0.15, -0.1) is 0 Å². The summed E-state index contributed by atoms with van der Waals surface area (Å²) in [6, 6.07) is 2.88. The third-order valence-corrected chi connectivity index (χ3v) is 5.22. The maximum atomic E-state index is 13.8. The van der Waals surface area contributed by atoms with Gasteiger partial charge < -0.3 is 5.32 Å². The number of nitrogens with one attached hydrogen (secondary N) is 1. The number of hydrogen-bond donors (Lipinski definition) is 1. The number of rotatable bonds is 2. The minimum absolute atomic E-state index is 0.0984. The molecule has 104 valence electrons. The van der Waals surface area contributed by atoms with Crippen molar-refractivity contribution in [3.63, 3.8) is 0 Å². The van der Waals surface area contributed by atoms with Gasteiger partial charge in [0.25, 0.3) is 0 Å². The average Bonchev–Trinajstić information content (AvgIpc) is 2.35. The van der Waals surface area contributed by atoms with Gasteiger partial charge in [-0.25, -0.2) is 12.8 Å². The molecule has 8 heteroatoms. The Kier molecular flexibility index (Phi) is 3.80. The van der Waals surface area contributed by atoms with Gasteiger partial charge in [0.15, 0.2) is 5.82 Å². The minimum atomic E-state index is -4.08. The topological polar surface area (TPSA) is 66.5 Å². The molecular formula is C11H12ClFN2O3S. The van der Waals surface area contributed by atoms with E-state index in [0.717, 1.165) is 10.4 Å². The summed E-state index contributed by atoms with van der Waals surface area (Å²) in [6.07, 6.45) is 0. The van der Waals surface area contributed by atoms with Gasteiger partial charge in [0, 0.05) is 13.1 Å². The third-order valence-electron chi connectivity index (χ3n) is 2.95. The van der Waals surface area contributed by atoms with Crippen molar-refractivity contribution >= 4 is 27.5 Å². The fourth-order valence-corrected chi connectivity index (χ4v) is 3.81. The highest BCUT2D eigenvalue weighted by Crippen LogP contribution is 2.26. The van der Waals surface area contributed by atoms with E-state index in [0.29, 0.717) is 0 Å². The molecule has 0 aliphatic carbocycles. The summed E-state index contributed by atoms with van der Waals surface area (Å²) < 4.78 is 39.5. The van der Waals surface area contributed by atoms with Crippen LogP contribution >= 0.6 is 11.6 Å². The van der Waals surface area contributed by atoms with Gasteiger partial charge in [0.1, 0.15) is 10.9 Å². The highest BCUT2D eigenvalue weighted by atomic mass is 35.5. The molecule has 5 nitrogen and oxygen atoms in total. The van der Waals surface area contributed by atoms with Crippen LogP contribution in [-0.2, 0) is 14.8 Å². The highest BCUT2D eigenvalue weighted by molar-refractivity contribution is 7.89. The highest BCUT2D eigenvalue weighted by Gasteiger charge is 2.37. The Bertz CT molecular complexity index is 620. The van der Waals surface area contributed by atoms with E-state index in [9.17, 15) is 17.6 Å². The number of hydrogen-bond acceptors (Lipinski definition) is 3. The molecule has 1 aliphatic heterocycles. The van der Waals surface area contributed by atoms with Crippen LogP contribution in [0.5, 0.6) is 0 Å². The molecular weight excluding hydrogens is 295 g/mol. The van der Waals surface area contributed by atoms with Crippen LogP contribution in [0, 0.1) is 5.82 Å². The summed E-state index contributed by atoms with van der Waals surface area (Å²) in [5, 5.41) is 2.28. The summed E-state index contributed by atoms with van der Waals surface area (Å²) in [7, 11) is -4.08. The Morgan fingerprint density at radius 1 is 1.47 bits per heavy atom. The van der Waals surface area contributed by atoms with E-state index in [4.69, 9.17) is 11.6 Å². The zero-order chi connectivity index (χ0) is 14.2. The lowest BCUT2D eigenvalue weighted by Gasteiger charge is -2.31. The van der Waals surface area contributed by atoms with Crippen molar-refractivity contribution in [2.24, 2.45) is 0 Å². The molecule has 0 bridgehead atoms. The molecule has 0 saturated carbocycles. The van der Waals surface area contributed by atoms with Crippen molar-refractivity contribution in [3.05, 3.63) is 29.0 Å². The number of benzene rings is 1. The first-order valence-corrected chi connectivity index (χ1v) is 7.41. The Morgan fingerprint density at radius 3 is 2.84 bits per heavy atom. The SMILES string of the molecule is CC1C(=O)NCCN1S(=O)(=O)c1cccc(Cl)c1F. The molecule has 1 N–H and O–H groups in total. The number of carbonyl (C=O) groups is 1. The molecule has 1 unspecified atom stereocenters. The second-order valence-corrected chi connectivity index (χ2v) is 6.40. The molecule has 0 aromatic heterocycles. The zero-order valence-electron chi connectivity index (χ0n) is 10.1. The van der Waals surface area contributed by atoms with Crippen LogP contribution in [0.3, 0.4) is 0 Å². The maximum absolute atomic E-state index is 13.8. The van der Waals surface area contributed by atoms with E-state index in [2.05, 4.69) is 5.32 Å². The maximum Gasteiger partial charge on any atom is 0.246 e. The van der Waals surface area contributed by atoms with Crippen LogP contribution in [0.1, 0.15) is 6.92 Å². The number of halogens is 2. The van der Waals surface area contributed by atoms with Gasteiger partial charge >= 0.3 is 0 Å². The number of nitrogens with zero attached hydrogens (tertiary/aromatic N) is 1. The standard InChI is InChI=1S/C11H12ClFN2O3S/c1-7-11(16)14-5-6-15(7)19(17,18)9-4-2-3-8(12)10(9)13/h2-4,7H,5-6H2,1H3,(H,14,16). The van der Waals surface area contributed by atoms with Crippen molar-refractivity contribution in [2.45, 2.75) is 17.9 Å². The summed E-state index contributed by atoms with van der Waals surface area (Å²) in [4.78, 5) is 11.0. The Hall–Kier alpha value is -1.18. The molecule has 1 aromatic rings. The molecule has 1 heterocycles. The predicted octanol–water partition coefficient (Wildman–Crippen LogP) is 0.988. The van der Waals surface area contributed by atoms with E-state index in [1.54, 1.807) is 0 Å². The second-order valence-electron chi connectivity index (χ2n) is 4.13. The molecule has 1 aliphatic rings. The lowest BCUT2D eigenvalue weighted by atomic mass is 10.2. The van der Waals surface area contributed by atoms with Gasteiger partial charge in [-0.3, -0.25) is 4.79 Å². The Balaban J connectivity index is 2.48. The molecule has 19 heavy (non-hydrogen) atoms. The lowest BCUT2D eigenvalue weighted by molar-refractivity contribution is -0.126. The van der Waals surface area contributed by atoms with Gasteiger partial charge in [0.05, 0.1) is 5.02 Å². The first-order chi connectivity index (χ1) is 8.85. The predicted molar refractivity (Wildman–Crippen MR) is 67.8 cm³/mol. The summed E-state index contributed by atoms with van der Waals surface area (Å²) in [5.74, 6) is -1.40. The third kappa shape index (κ3) is 2.45. The largest absolute Gasteiger partial charge is 0.353 e. The summed E-state index contributed by atoms with van der Waals surface area (Å²) in [5.41, 5.74) is 0. The van der Waals surface area contributed by atoms with Crippen LogP contribution in [0.4, 0.5) is 4.39 Å². The van der Waals surface area contributed by atoms with E-state index >= 15 is 0 Å². The van der Waals surface area contributed by atoms with Crippen LogP contribution in [-0.4, -0.2) is 37.8 Å². The van der Waals surface area contributed by atoms with Crippen molar-refractivity contribution < 1.29 is 17.6 Å². The molecule has 2 rings (SSSR count). The van der Waals surface area contributed by atoms with Crippen molar-refractivity contribution in [1.82, 2.24) is 9.62 Å². The van der Waals surface area contributed by atoms with Gasteiger partial charge in [0.2, 0.25) is 15.9 Å². The second kappa shape index (κ2) is 5.07. The lowest BCUT2D eigenvalue weighted by Crippen LogP contribution is -2.55. The van der Waals surface area contributed by atoms with E-state index in [1.165, 1.54) is 19.1 Å². The van der Waals surface area contributed by atoms with E-state index < -0.39 is 32.7 Å². The molecule has 1 saturated heterocycles. The molecule has 0 radical (unpaired) electrons. The normalized spacial score (nSPS) is 21.2. The Labute approximate surface area is 115 Å². The smallest absolute Gasteiger partial charge is 0.246 e. The fourth-order valence-electron chi connectivity index (χ4n) is 1.90. The molecule has 1 fully saturated rings. The molecule has 1 atom stereocenters. The molecule has 0 spiro atoms. The van der Waals surface area contributed by atoms with Crippen LogP contribution in [0.2, 0.25) is 5.02 Å². The first-order valence-electron chi connectivity index (χ1n) is 5.59. The number of sulfonamides is 1. The van der Waals surface area contributed by atoms with Crippen LogP contribution in [0.15, 0.2) is 23.1 Å². The monoisotopic (exact) mass is 306 g/mol. The van der Waals surface area contributed by atoms with Crippen LogP contribution in [0.25, 0.3) is 0 Å². The number of piperazine rings is 1. The van der Waals surface area contributed by atoms with E-state index in [1.807, 2.05) is 0 Å².